The van der Waals surface area contributed by atoms with E-state index in [9.17, 15) is 23.6 Å². The van der Waals surface area contributed by atoms with Gasteiger partial charge in [0.1, 0.15) is 12.4 Å². The van der Waals surface area contributed by atoms with Crippen molar-refractivity contribution in [3.8, 4) is 5.69 Å². The number of aryl methyl sites for hydroxylation is 1. The molecule has 0 bridgehead atoms. The van der Waals surface area contributed by atoms with Crippen LogP contribution in [0.25, 0.3) is 5.69 Å². The van der Waals surface area contributed by atoms with Gasteiger partial charge in [-0.2, -0.15) is 0 Å². The zero-order valence-corrected chi connectivity index (χ0v) is 16.6. The van der Waals surface area contributed by atoms with Crippen molar-refractivity contribution in [2.24, 2.45) is 0 Å². The molecule has 0 unspecified atom stereocenters. The second kappa shape index (κ2) is 8.44. The fraction of sp³-hybridized carbons (Fsp3) is 0.263. The number of H-pyrrole nitrogens is 1. The van der Waals surface area contributed by atoms with Crippen LogP contribution in [0.1, 0.15) is 29.9 Å². The maximum absolute atomic E-state index is 14.4. The van der Waals surface area contributed by atoms with Crippen LogP contribution in [0.4, 0.5) is 4.39 Å². The third-order valence-electron chi connectivity index (χ3n) is 3.74. The summed E-state index contributed by atoms with van der Waals surface area (Å²) in [5.74, 6) is -2.92. The second-order valence-corrected chi connectivity index (χ2v) is 6.91. The predicted molar refractivity (Wildman–Crippen MR) is 103 cm³/mol. The quantitative estimate of drug-likeness (QED) is 0.563. The minimum Gasteiger partial charge on any atom is -0.459 e. The van der Waals surface area contributed by atoms with Crippen LogP contribution >= 0.6 is 11.6 Å². The second-order valence-electron chi connectivity index (χ2n) is 6.50. The average molecular weight is 425 g/mol. The summed E-state index contributed by atoms with van der Waals surface area (Å²) in [5, 5.41) is -0.330. The number of hydrogen-bond donors (Lipinski definition) is 1. The Bertz CT molecular complexity index is 1070. The first-order chi connectivity index (χ1) is 13.5. The number of nitrogens with one attached hydrogen (secondary N) is 1. The van der Waals surface area contributed by atoms with E-state index in [2.05, 4.69) is 11.6 Å². The molecule has 0 radical (unpaired) electrons. The van der Waals surface area contributed by atoms with E-state index < -0.39 is 40.3 Å². The molecule has 2 aromatic rings. The topological polar surface area (TPSA) is 107 Å². The Morgan fingerprint density at radius 3 is 2.55 bits per heavy atom. The number of ether oxygens (including phenoxy) is 2. The molecule has 0 aliphatic heterocycles. The Hall–Kier alpha value is -3.20. The average Bonchev–Trinajstić information content (AvgIpc) is 2.59. The first-order valence-corrected chi connectivity index (χ1v) is 8.69. The SMILES string of the molecule is C=CCOC(=O)C(C)(C)OC(=O)c1cc(-n2c(=O)cc(C)[nH]c2=O)c(F)cc1Cl. The maximum atomic E-state index is 14.4. The van der Waals surface area contributed by atoms with Crippen molar-refractivity contribution in [3.05, 3.63) is 73.8 Å². The van der Waals surface area contributed by atoms with Crippen molar-refractivity contribution in [3.63, 3.8) is 0 Å². The number of halogens is 2. The molecule has 29 heavy (non-hydrogen) atoms. The summed E-state index contributed by atoms with van der Waals surface area (Å²) >= 11 is 5.94. The van der Waals surface area contributed by atoms with Gasteiger partial charge in [0.25, 0.3) is 5.56 Å². The van der Waals surface area contributed by atoms with Crippen molar-refractivity contribution in [1.29, 1.82) is 0 Å². The highest BCUT2D eigenvalue weighted by Gasteiger charge is 2.35. The van der Waals surface area contributed by atoms with E-state index in [1.165, 1.54) is 26.8 Å². The molecule has 10 heteroatoms. The Kier molecular flexibility index (Phi) is 6.43. The van der Waals surface area contributed by atoms with Crippen molar-refractivity contribution >= 4 is 23.5 Å². The number of aromatic amines is 1. The lowest BCUT2D eigenvalue weighted by molar-refractivity contribution is -0.161. The van der Waals surface area contributed by atoms with E-state index in [1.54, 1.807) is 0 Å². The lowest BCUT2D eigenvalue weighted by atomic mass is 10.1. The maximum Gasteiger partial charge on any atom is 0.350 e. The van der Waals surface area contributed by atoms with Gasteiger partial charge in [-0.1, -0.05) is 24.3 Å². The van der Waals surface area contributed by atoms with Gasteiger partial charge in [0.2, 0.25) is 5.60 Å². The van der Waals surface area contributed by atoms with E-state index in [4.69, 9.17) is 21.1 Å². The number of nitrogens with zero attached hydrogens (tertiary/aromatic N) is 1. The molecule has 1 aromatic carbocycles. The molecular weight excluding hydrogens is 407 g/mol. The summed E-state index contributed by atoms with van der Waals surface area (Å²) in [6, 6.07) is 2.76. The minimum atomic E-state index is -1.68. The van der Waals surface area contributed by atoms with Gasteiger partial charge in [-0.15, -0.1) is 0 Å². The molecule has 0 saturated heterocycles. The molecule has 2 rings (SSSR count). The van der Waals surface area contributed by atoms with Gasteiger partial charge in [0.05, 0.1) is 16.3 Å². The first-order valence-electron chi connectivity index (χ1n) is 8.31. The molecule has 1 N–H and O–H groups in total. The Labute approximate surface area is 169 Å². The van der Waals surface area contributed by atoms with Crippen LogP contribution in [0.5, 0.6) is 0 Å². The van der Waals surface area contributed by atoms with Gasteiger partial charge in [0.15, 0.2) is 0 Å². The number of hydrogen-bond acceptors (Lipinski definition) is 6. The standard InChI is InChI=1S/C19H18ClFN2O6/c1-5-6-28-17(26)19(3,4)29-16(25)11-8-14(13(21)9-12(11)20)23-15(24)7-10(2)22-18(23)27/h5,7-9H,1,6H2,2-4H3,(H,22,27). The molecule has 0 saturated carbocycles. The molecule has 0 aliphatic carbocycles. The Morgan fingerprint density at radius 2 is 1.97 bits per heavy atom. The van der Waals surface area contributed by atoms with Crippen LogP contribution in [0.2, 0.25) is 5.02 Å². The summed E-state index contributed by atoms with van der Waals surface area (Å²) in [7, 11) is 0. The van der Waals surface area contributed by atoms with Gasteiger partial charge < -0.3 is 14.5 Å². The summed E-state index contributed by atoms with van der Waals surface area (Å²) in [4.78, 5) is 51.2. The number of rotatable bonds is 6. The van der Waals surface area contributed by atoms with Crippen LogP contribution in [0.15, 0.2) is 40.4 Å². The zero-order chi connectivity index (χ0) is 21.9. The number of benzene rings is 1. The first kappa shape index (κ1) is 22.1. The smallest absolute Gasteiger partial charge is 0.350 e. The Balaban J connectivity index is 2.48. The highest BCUT2D eigenvalue weighted by atomic mass is 35.5. The van der Waals surface area contributed by atoms with E-state index >= 15 is 0 Å². The van der Waals surface area contributed by atoms with Gasteiger partial charge in [-0.3, -0.25) is 4.79 Å². The molecule has 8 nitrogen and oxygen atoms in total. The third kappa shape index (κ3) is 4.80. The molecule has 1 aromatic heterocycles. The van der Waals surface area contributed by atoms with Crippen LogP contribution in [0.3, 0.4) is 0 Å². The van der Waals surface area contributed by atoms with Crippen LogP contribution in [-0.4, -0.2) is 33.7 Å². The van der Waals surface area contributed by atoms with E-state index in [1.807, 2.05) is 0 Å². The summed E-state index contributed by atoms with van der Waals surface area (Å²) < 4.78 is 24.9. The van der Waals surface area contributed by atoms with Crippen LogP contribution < -0.4 is 11.2 Å². The molecular formula is C19H18ClFN2O6. The largest absolute Gasteiger partial charge is 0.459 e. The molecule has 0 amide bonds. The van der Waals surface area contributed by atoms with E-state index in [0.717, 1.165) is 18.2 Å². The number of carbonyl (C=O) groups is 2. The minimum absolute atomic E-state index is 0.0830. The van der Waals surface area contributed by atoms with Crippen LogP contribution in [-0.2, 0) is 14.3 Å². The van der Waals surface area contributed by atoms with Crippen molar-refractivity contribution in [2.75, 3.05) is 6.61 Å². The normalized spacial score (nSPS) is 11.1. The zero-order valence-electron chi connectivity index (χ0n) is 15.9. The van der Waals surface area contributed by atoms with Crippen molar-refractivity contribution < 1.29 is 23.5 Å². The lowest BCUT2D eigenvalue weighted by Crippen LogP contribution is -2.39. The highest BCUT2D eigenvalue weighted by molar-refractivity contribution is 6.33. The van der Waals surface area contributed by atoms with Crippen molar-refractivity contribution in [1.82, 2.24) is 9.55 Å². The third-order valence-corrected chi connectivity index (χ3v) is 4.05. The van der Waals surface area contributed by atoms with Gasteiger partial charge in [-0.05, 0) is 32.9 Å². The summed E-state index contributed by atoms with van der Waals surface area (Å²) in [5.41, 5.74) is -3.95. The number of esters is 2. The summed E-state index contributed by atoms with van der Waals surface area (Å²) in [6.07, 6.45) is 1.34. The van der Waals surface area contributed by atoms with Crippen molar-refractivity contribution in [2.45, 2.75) is 26.4 Å². The predicted octanol–water partition coefficient (Wildman–Crippen LogP) is 2.29. The highest BCUT2D eigenvalue weighted by Crippen LogP contribution is 2.25. The molecule has 0 fully saturated rings. The molecule has 0 aliphatic rings. The monoisotopic (exact) mass is 424 g/mol. The molecule has 0 atom stereocenters. The molecule has 154 valence electrons. The Morgan fingerprint density at radius 1 is 1.31 bits per heavy atom. The number of carbonyl (C=O) groups excluding carboxylic acids is 2. The summed E-state index contributed by atoms with van der Waals surface area (Å²) in [6.45, 7) is 7.40. The fourth-order valence-electron chi connectivity index (χ4n) is 2.34. The lowest BCUT2D eigenvalue weighted by Gasteiger charge is -2.23. The molecule has 1 heterocycles. The molecule has 0 spiro atoms. The fourth-order valence-corrected chi connectivity index (χ4v) is 2.57. The number of aromatic nitrogens is 2. The van der Waals surface area contributed by atoms with Gasteiger partial charge in [-0.25, -0.2) is 23.3 Å². The van der Waals surface area contributed by atoms with E-state index in [0.29, 0.717) is 4.57 Å². The van der Waals surface area contributed by atoms with Crippen LogP contribution in [0, 0.1) is 12.7 Å². The van der Waals surface area contributed by atoms with E-state index in [-0.39, 0.29) is 22.9 Å². The van der Waals surface area contributed by atoms with Gasteiger partial charge in [0, 0.05) is 11.8 Å². The van der Waals surface area contributed by atoms with Gasteiger partial charge >= 0.3 is 17.6 Å².